The van der Waals surface area contributed by atoms with Crippen LogP contribution in [0.15, 0.2) is 34.8 Å². The molecule has 1 fully saturated rings. The van der Waals surface area contributed by atoms with Gasteiger partial charge < -0.3 is 10.2 Å². The van der Waals surface area contributed by atoms with Crippen LogP contribution < -0.4 is 5.32 Å². The molecule has 28 heavy (non-hydrogen) atoms. The molecule has 0 aliphatic carbocycles. The van der Waals surface area contributed by atoms with E-state index in [4.69, 9.17) is 9.82 Å². The average molecular weight is 380 g/mol. The summed E-state index contributed by atoms with van der Waals surface area (Å²) in [6.07, 6.45) is 7.55. The second-order valence-electron chi connectivity index (χ2n) is 7.04. The monoisotopic (exact) mass is 380 g/mol. The van der Waals surface area contributed by atoms with E-state index in [1.807, 2.05) is 32.4 Å². The van der Waals surface area contributed by atoms with Crippen LogP contribution in [0.4, 0.5) is 5.82 Å². The highest BCUT2D eigenvalue weighted by Crippen LogP contribution is 2.31. The first-order valence-electron chi connectivity index (χ1n) is 9.26. The Morgan fingerprint density at radius 1 is 1.32 bits per heavy atom. The van der Waals surface area contributed by atoms with Crippen LogP contribution in [0.3, 0.4) is 0 Å². The van der Waals surface area contributed by atoms with Gasteiger partial charge in [-0.25, -0.2) is 9.98 Å². The van der Waals surface area contributed by atoms with E-state index in [1.165, 1.54) is 0 Å². The Kier molecular flexibility index (Phi) is 4.91. The third kappa shape index (κ3) is 3.29. The number of hydrogen-bond acceptors (Lipinski definition) is 7. The van der Waals surface area contributed by atoms with E-state index >= 15 is 0 Å². The number of aromatic nitrogens is 5. The predicted molar refractivity (Wildman–Crippen MR) is 108 cm³/mol. The number of hydrogen-bond donors (Lipinski definition) is 1. The van der Waals surface area contributed by atoms with Crippen LogP contribution in [0.1, 0.15) is 31.4 Å². The van der Waals surface area contributed by atoms with Gasteiger partial charge in [0.05, 0.1) is 23.8 Å². The van der Waals surface area contributed by atoms with E-state index < -0.39 is 0 Å². The first kappa shape index (κ1) is 18.3. The van der Waals surface area contributed by atoms with Crippen molar-refractivity contribution in [2.75, 3.05) is 13.7 Å². The quantitative estimate of drug-likeness (QED) is 0.541. The van der Waals surface area contributed by atoms with Crippen LogP contribution in [0.2, 0.25) is 0 Å². The molecule has 4 heterocycles. The molecule has 0 radical (unpaired) electrons. The summed E-state index contributed by atoms with van der Waals surface area (Å²) in [6.45, 7) is 6.51. The lowest BCUT2D eigenvalue weighted by molar-refractivity contribution is 0.210. The van der Waals surface area contributed by atoms with Gasteiger partial charge in [-0.15, -0.1) is 0 Å². The molecule has 2 atom stereocenters. The molecule has 1 saturated heterocycles. The van der Waals surface area contributed by atoms with Crippen molar-refractivity contribution in [2.45, 2.75) is 31.7 Å². The van der Waals surface area contributed by atoms with Crippen molar-refractivity contribution in [1.82, 2.24) is 29.7 Å². The third-order valence-electron chi connectivity index (χ3n) is 5.22. The molecule has 9 heteroatoms. The Morgan fingerprint density at radius 3 is 2.82 bits per heavy atom. The number of rotatable bonds is 5. The maximum absolute atomic E-state index is 4.94. The number of nitrogens with zero attached hydrogens (tertiary/aromatic N) is 7. The summed E-state index contributed by atoms with van der Waals surface area (Å²) in [7, 11) is 3.47. The van der Waals surface area contributed by atoms with Crippen molar-refractivity contribution in [3.05, 3.63) is 30.4 Å². The summed E-state index contributed by atoms with van der Waals surface area (Å²) >= 11 is 0. The Labute approximate surface area is 163 Å². The van der Waals surface area contributed by atoms with Crippen LogP contribution in [0.25, 0.3) is 16.8 Å². The van der Waals surface area contributed by atoms with Gasteiger partial charge in [0.15, 0.2) is 11.5 Å². The lowest BCUT2D eigenvalue weighted by atomic mass is 9.90. The molecule has 4 rings (SSSR count). The maximum Gasteiger partial charge on any atom is 0.165 e. The fourth-order valence-corrected chi connectivity index (χ4v) is 3.72. The van der Waals surface area contributed by atoms with Gasteiger partial charge in [-0.1, -0.05) is 5.16 Å². The SMILES string of the molecule is C=Nc1cc([C@H]2CC[C@@H](/C(C)=N/OC)NC2)nc2c(-c3cnn(C)c3)cnn12. The molecule has 1 N–H and O–H groups in total. The molecule has 0 spiro atoms. The Balaban J connectivity index is 1.67. The van der Waals surface area contributed by atoms with E-state index in [-0.39, 0.29) is 12.0 Å². The molecule has 0 unspecified atom stereocenters. The highest BCUT2D eigenvalue weighted by Gasteiger charge is 2.26. The number of fused-ring (bicyclic) bond motifs is 1. The van der Waals surface area contributed by atoms with Crippen molar-refractivity contribution in [2.24, 2.45) is 17.2 Å². The Bertz CT molecular complexity index is 1030. The standard InChI is InChI=1S/C19H24N8O/c1-12(25-28-4)16-6-5-13(8-21-16)17-7-18(20-2)27-19(24-17)15(10-23-27)14-9-22-26(3)11-14/h7,9-11,13,16,21H,2,5-6,8H2,1,3-4H3/b25-12+/t13-,16-/m0/s1. The van der Waals surface area contributed by atoms with Crippen molar-refractivity contribution in [3.63, 3.8) is 0 Å². The third-order valence-corrected chi connectivity index (χ3v) is 5.22. The zero-order valence-corrected chi connectivity index (χ0v) is 16.3. The minimum absolute atomic E-state index is 0.234. The molecule has 3 aromatic rings. The molecular formula is C19H24N8O. The molecule has 1 aliphatic rings. The first-order valence-corrected chi connectivity index (χ1v) is 9.26. The van der Waals surface area contributed by atoms with E-state index in [9.17, 15) is 0 Å². The molecule has 3 aromatic heterocycles. The fraction of sp³-hybridized carbons (Fsp3) is 0.421. The highest BCUT2D eigenvalue weighted by molar-refractivity contribution is 5.86. The highest BCUT2D eigenvalue weighted by atomic mass is 16.6. The van der Waals surface area contributed by atoms with E-state index in [2.05, 4.69) is 32.4 Å². The van der Waals surface area contributed by atoms with Gasteiger partial charge in [0.25, 0.3) is 0 Å². The Morgan fingerprint density at radius 2 is 2.18 bits per heavy atom. The van der Waals surface area contributed by atoms with E-state index in [0.717, 1.165) is 47.6 Å². The summed E-state index contributed by atoms with van der Waals surface area (Å²) in [5, 5.41) is 16.3. The minimum atomic E-state index is 0.234. The molecular weight excluding hydrogens is 356 g/mol. The fourth-order valence-electron chi connectivity index (χ4n) is 3.72. The molecule has 1 aliphatic heterocycles. The normalized spacial score (nSPS) is 20.5. The number of aryl methyl sites for hydroxylation is 1. The number of oxime groups is 1. The summed E-state index contributed by atoms with van der Waals surface area (Å²) in [5.74, 6) is 0.975. The van der Waals surface area contributed by atoms with Gasteiger partial charge in [-0.05, 0) is 26.5 Å². The van der Waals surface area contributed by atoms with Crippen LogP contribution in [0.5, 0.6) is 0 Å². The van der Waals surface area contributed by atoms with E-state index in [0.29, 0.717) is 5.82 Å². The molecule has 0 bridgehead atoms. The number of nitrogens with one attached hydrogen (secondary N) is 1. The summed E-state index contributed by atoms with van der Waals surface area (Å²) in [6, 6.07) is 2.21. The van der Waals surface area contributed by atoms with Gasteiger partial charge in [-0.2, -0.15) is 14.7 Å². The molecule has 9 nitrogen and oxygen atoms in total. The zero-order chi connectivity index (χ0) is 19.7. The molecule has 146 valence electrons. The van der Waals surface area contributed by atoms with Crippen molar-refractivity contribution in [1.29, 1.82) is 0 Å². The minimum Gasteiger partial charge on any atom is -0.399 e. The smallest absolute Gasteiger partial charge is 0.165 e. The van der Waals surface area contributed by atoms with Gasteiger partial charge in [0, 0.05) is 48.9 Å². The second kappa shape index (κ2) is 7.51. The molecule has 0 saturated carbocycles. The average Bonchev–Trinajstić information content (AvgIpc) is 3.33. The first-order chi connectivity index (χ1) is 13.6. The van der Waals surface area contributed by atoms with Crippen LogP contribution in [-0.2, 0) is 11.9 Å². The summed E-state index contributed by atoms with van der Waals surface area (Å²) in [4.78, 5) is 14.0. The maximum atomic E-state index is 4.94. The van der Waals surface area contributed by atoms with Crippen LogP contribution >= 0.6 is 0 Å². The predicted octanol–water partition coefficient (Wildman–Crippen LogP) is 2.32. The van der Waals surface area contributed by atoms with Crippen LogP contribution in [-0.4, -0.2) is 56.5 Å². The van der Waals surface area contributed by atoms with E-state index in [1.54, 1.807) is 22.5 Å². The lowest BCUT2D eigenvalue weighted by Gasteiger charge is -2.29. The van der Waals surface area contributed by atoms with Crippen molar-refractivity contribution >= 4 is 23.9 Å². The largest absolute Gasteiger partial charge is 0.399 e. The topological polar surface area (TPSA) is 94.0 Å². The molecule has 0 aromatic carbocycles. The summed E-state index contributed by atoms with van der Waals surface area (Å²) < 4.78 is 3.50. The lowest BCUT2D eigenvalue weighted by Crippen LogP contribution is -2.42. The van der Waals surface area contributed by atoms with Crippen molar-refractivity contribution in [3.8, 4) is 11.1 Å². The Hall–Kier alpha value is -3.07. The van der Waals surface area contributed by atoms with Crippen LogP contribution in [0, 0.1) is 0 Å². The van der Waals surface area contributed by atoms with Gasteiger partial charge in [0.2, 0.25) is 0 Å². The second-order valence-corrected chi connectivity index (χ2v) is 7.04. The zero-order valence-electron chi connectivity index (χ0n) is 16.3. The number of aliphatic imine (C=N–C) groups is 1. The van der Waals surface area contributed by atoms with Crippen molar-refractivity contribution < 1.29 is 4.84 Å². The van der Waals surface area contributed by atoms with Gasteiger partial charge >= 0.3 is 0 Å². The summed E-state index contributed by atoms with van der Waals surface area (Å²) in [5.41, 5.74) is 4.64. The van der Waals surface area contributed by atoms with Gasteiger partial charge in [-0.3, -0.25) is 4.68 Å². The molecule has 0 amide bonds. The van der Waals surface area contributed by atoms with Gasteiger partial charge in [0.1, 0.15) is 7.11 Å². The number of piperidine rings is 1.